The van der Waals surface area contributed by atoms with E-state index in [2.05, 4.69) is 0 Å². The van der Waals surface area contributed by atoms with E-state index < -0.39 is 17.7 Å². The van der Waals surface area contributed by atoms with Crippen LogP contribution in [0.1, 0.15) is 22.7 Å². The number of phenolic OH excluding ortho intramolecular Hbond substituents is 1. The quantitative estimate of drug-likeness (QED) is 0.304. The molecule has 0 saturated carbocycles. The summed E-state index contributed by atoms with van der Waals surface area (Å²) in [4.78, 5) is 27.7. The SMILES string of the molecule is COc1ccc(N2C(=O)C(=O)/C(=C(\O)c3ccc(OC)c(C)c3)C2c2ccc(O)c(Cl)c2)cc1. The Kier molecular flexibility index (Phi) is 6.22. The molecule has 0 aromatic heterocycles. The Labute approximate surface area is 201 Å². The van der Waals surface area contributed by atoms with E-state index in [0.29, 0.717) is 28.3 Å². The Balaban J connectivity index is 1.94. The molecule has 0 spiro atoms. The van der Waals surface area contributed by atoms with Crippen molar-refractivity contribution in [3.8, 4) is 17.2 Å². The Hall–Kier alpha value is -3.97. The van der Waals surface area contributed by atoms with Crippen molar-refractivity contribution in [1.82, 2.24) is 0 Å². The van der Waals surface area contributed by atoms with Crippen LogP contribution in [0.25, 0.3) is 5.76 Å². The summed E-state index contributed by atoms with van der Waals surface area (Å²) in [5.74, 6) is -0.899. The number of Topliss-reactive ketones (excluding diaryl/α,β-unsaturated/α-hetero) is 1. The molecule has 34 heavy (non-hydrogen) atoms. The summed E-state index contributed by atoms with van der Waals surface area (Å²) in [6.07, 6.45) is 0. The van der Waals surface area contributed by atoms with Gasteiger partial charge < -0.3 is 19.7 Å². The average molecular weight is 480 g/mol. The maximum atomic E-state index is 13.2. The number of aromatic hydroxyl groups is 1. The highest BCUT2D eigenvalue weighted by Crippen LogP contribution is 2.44. The molecule has 1 aliphatic heterocycles. The number of methoxy groups -OCH3 is 2. The van der Waals surface area contributed by atoms with E-state index in [1.165, 1.54) is 31.3 Å². The number of benzene rings is 3. The number of ether oxygens (including phenoxy) is 2. The maximum absolute atomic E-state index is 13.2. The molecule has 1 unspecified atom stereocenters. The number of amides is 1. The topological polar surface area (TPSA) is 96.3 Å². The first-order chi connectivity index (χ1) is 16.3. The van der Waals surface area contributed by atoms with Crippen LogP contribution < -0.4 is 14.4 Å². The fraction of sp³-hybridized carbons (Fsp3) is 0.154. The summed E-state index contributed by atoms with van der Waals surface area (Å²) < 4.78 is 10.5. The van der Waals surface area contributed by atoms with Gasteiger partial charge in [0.25, 0.3) is 11.7 Å². The Morgan fingerprint density at radius 1 is 0.971 bits per heavy atom. The number of hydrogen-bond acceptors (Lipinski definition) is 6. The van der Waals surface area contributed by atoms with Gasteiger partial charge in [0.2, 0.25) is 0 Å². The van der Waals surface area contributed by atoms with Crippen molar-refractivity contribution in [3.05, 3.63) is 87.9 Å². The zero-order valence-electron chi connectivity index (χ0n) is 18.7. The molecule has 2 N–H and O–H groups in total. The second-order valence-corrected chi connectivity index (χ2v) is 8.17. The molecule has 1 saturated heterocycles. The molecule has 1 heterocycles. The van der Waals surface area contributed by atoms with Crippen LogP contribution in [-0.4, -0.2) is 36.1 Å². The van der Waals surface area contributed by atoms with Crippen molar-refractivity contribution in [1.29, 1.82) is 0 Å². The standard InChI is InChI=1S/C26H22ClNO6/c1-14-12-16(5-11-21(14)34-3)24(30)22-23(15-4-10-20(29)19(27)13-15)28(26(32)25(22)31)17-6-8-18(33-2)9-7-17/h4-13,23,29-30H,1-3H3/b24-22-. The molecule has 174 valence electrons. The van der Waals surface area contributed by atoms with Crippen molar-refractivity contribution < 1.29 is 29.3 Å². The number of ketones is 1. The summed E-state index contributed by atoms with van der Waals surface area (Å²) in [6.45, 7) is 1.81. The minimum atomic E-state index is -0.978. The number of aliphatic hydroxyl groups is 1. The minimum absolute atomic E-state index is 0.0538. The van der Waals surface area contributed by atoms with E-state index in [0.717, 1.165) is 5.56 Å². The van der Waals surface area contributed by atoms with Crippen LogP contribution >= 0.6 is 11.6 Å². The van der Waals surface area contributed by atoms with Gasteiger partial charge in [-0.2, -0.15) is 0 Å². The normalized spacial score (nSPS) is 17.2. The second kappa shape index (κ2) is 9.11. The molecule has 3 aromatic carbocycles. The van der Waals surface area contributed by atoms with E-state index in [-0.39, 0.29) is 22.1 Å². The Morgan fingerprint density at radius 3 is 2.26 bits per heavy atom. The van der Waals surface area contributed by atoms with Crippen LogP contribution in [0, 0.1) is 6.92 Å². The first-order valence-corrected chi connectivity index (χ1v) is 10.7. The molecule has 1 amide bonds. The Bertz CT molecular complexity index is 1320. The zero-order valence-corrected chi connectivity index (χ0v) is 19.5. The van der Waals surface area contributed by atoms with Crippen LogP contribution in [0.15, 0.2) is 66.2 Å². The molecular weight excluding hydrogens is 458 g/mol. The van der Waals surface area contributed by atoms with Gasteiger partial charge in [-0.25, -0.2) is 0 Å². The molecule has 4 rings (SSSR count). The summed E-state index contributed by atoms with van der Waals surface area (Å²) in [7, 11) is 3.06. The number of phenols is 1. The van der Waals surface area contributed by atoms with Crippen molar-refractivity contribution in [2.45, 2.75) is 13.0 Å². The monoisotopic (exact) mass is 479 g/mol. The minimum Gasteiger partial charge on any atom is -0.507 e. The number of halogens is 1. The molecule has 0 aliphatic carbocycles. The third-order valence-corrected chi connectivity index (χ3v) is 6.05. The number of carbonyl (C=O) groups is 2. The summed E-state index contributed by atoms with van der Waals surface area (Å²) >= 11 is 6.15. The number of carbonyl (C=O) groups excluding carboxylic acids is 2. The number of aliphatic hydroxyl groups excluding tert-OH is 1. The molecule has 0 radical (unpaired) electrons. The Morgan fingerprint density at radius 2 is 1.68 bits per heavy atom. The lowest BCUT2D eigenvalue weighted by molar-refractivity contribution is -0.132. The maximum Gasteiger partial charge on any atom is 0.300 e. The van der Waals surface area contributed by atoms with Crippen LogP contribution in [-0.2, 0) is 9.59 Å². The van der Waals surface area contributed by atoms with Gasteiger partial charge in [-0.05, 0) is 72.6 Å². The third kappa shape index (κ3) is 3.95. The van der Waals surface area contributed by atoms with Crippen LogP contribution in [0.3, 0.4) is 0 Å². The summed E-state index contributed by atoms with van der Waals surface area (Å²) in [5, 5.41) is 21.2. The summed E-state index contributed by atoms with van der Waals surface area (Å²) in [5.41, 5.74) is 1.90. The van der Waals surface area contributed by atoms with Crippen LogP contribution in [0.5, 0.6) is 17.2 Å². The predicted molar refractivity (Wildman–Crippen MR) is 129 cm³/mol. The fourth-order valence-electron chi connectivity index (χ4n) is 4.03. The lowest BCUT2D eigenvalue weighted by atomic mass is 9.94. The number of nitrogens with zero attached hydrogens (tertiary/aromatic N) is 1. The summed E-state index contributed by atoms with van der Waals surface area (Å²) in [6, 6.07) is 15.0. The van der Waals surface area contributed by atoms with Gasteiger partial charge in [-0.3, -0.25) is 14.5 Å². The molecule has 1 atom stereocenters. The largest absolute Gasteiger partial charge is 0.507 e. The van der Waals surface area contributed by atoms with Gasteiger partial charge in [0.05, 0.1) is 30.9 Å². The molecule has 1 aliphatic rings. The van der Waals surface area contributed by atoms with E-state index in [4.69, 9.17) is 21.1 Å². The van der Waals surface area contributed by atoms with E-state index in [9.17, 15) is 19.8 Å². The van der Waals surface area contributed by atoms with Gasteiger partial charge in [0.15, 0.2) is 0 Å². The van der Waals surface area contributed by atoms with Gasteiger partial charge in [-0.1, -0.05) is 17.7 Å². The third-order valence-electron chi connectivity index (χ3n) is 5.75. The first kappa shape index (κ1) is 23.2. The number of anilines is 1. The van der Waals surface area contributed by atoms with E-state index in [1.54, 1.807) is 48.5 Å². The van der Waals surface area contributed by atoms with Gasteiger partial charge >= 0.3 is 0 Å². The van der Waals surface area contributed by atoms with Gasteiger partial charge in [0.1, 0.15) is 23.0 Å². The second-order valence-electron chi connectivity index (χ2n) is 7.76. The van der Waals surface area contributed by atoms with Crippen molar-refractivity contribution in [3.63, 3.8) is 0 Å². The van der Waals surface area contributed by atoms with Crippen molar-refractivity contribution >= 4 is 34.7 Å². The highest BCUT2D eigenvalue weighted by molar-refractivity contribution is 6.51. The van der Waals surface area contributed by atoms with Gasteiger partial charge in [0, 0.05) is 11.3 Å². The van der Waals surface area contributed by atoms with Crippen LogP contribution in [0.4, 0.5) is 5.69 Å². The number of aryl methyl sites for hydroxylation is 1. The predicted octanol–water partition coefficient (Wildman–Crippen LogP) is 5.00. The van der Waals surface area contributed by atoms with E-state index >= 15 is 0 Å². The zero-order chi connectivity index (χ0) is 24.6. The lowest BCUT2D eigenvalue weighted by Gasteiger charge is -2.26. The molecular formula is C26H22ClNO6. The molecule has 8 heteroatoms. The smallest absolute Gasteiger partial charge is 0.300 e. The fourth-order valence-corrected chi connectivity index (χ4v) is 4.22. The highest BCUT2D eigenvalue weighted by Gasteiger charge is 2.47. The van der Waals surface area contributed by atoms with Crippen molar-refractivity contribution in [2.24, 2.45) is 0 Å². The number of rotatable bonds is 5. The van der Waals surface area contributed by atoms with Gasteiger partial charge in [-0.15, -0.1) is 0 Å². The average Bonchev–Trinajstić information content (AvgIpc) is 3.10. The molecule has 0 bridgehead atoms. The molecule has 1 fully saturated rings. The molecule has 3 aromatic rings. The lowest BCUT2D eigenvalue weighted by Crippen LogP contribution is -2.29. The molecule has 7 nitrogen and oxygen atoms in total. The van der Waals surface area contributed by atoms with Crippen LogP contribution in [0.2, 0.25) is 5.02 Å². The van der Waals surface area contributed by atoms with Crippen molar-refractivity contribution in [2.75, 3.05) is 19.1 Å². The van der Waals surface area contributed by atoms with E-state index in [1.807, 2.05) is 6.92 Å². The highest BCUT2D eigenvalue weighted by atomic mass is 35.5. The number of hydrogen-bond donors (Lipinski definition) is 2. The first-order valence-electron chi connectivity index (χ1n) is 10.3.